The molecule has 0 saturated carbocycles. The van der Waals surface area contributed by atoms with Gasteiger partial charge in [-0.05, 0) is 30.7 Å². The molecule has 1 saturated heterocycles. The van der Waals surface area contributed by atoms with E-state index in [4.69, 9.17) is 0 Å². The van der Waals surface area contributed by atoms with Gasteiger partial charge in [0, 0.05) is 32.6 Å². The normalized spacial score (nSPS) is 19.5. The first-order valence-corrected chi connectivity index (χ1v) is 11.8. The van der Waals surface area contributed by atoms with E-state index in [0.29, 0.717) is 11.3 Å². The van der Waals surface area contributed by atoms with Crippen LogP contribution in [-0.2, 0) is 19.6 Å². The summed E-state index contributed by atoms with van der Waals surface area (Å²) in [5.74, 6) is -0.906. The van der Waals surface area contributed by atoms with Gasteiger partial charge in [0.2, 0.25) is 21.8 Å². The zero-order valence-electron chi connectivity index (χ0n) is 17.4. The third-order valence-electron chi connectivity index (χ3n) is 5.67. The van der Waals surface area contributed by atoms with Crippen LogP contribution < -0.4 is 10.6 Å². The van der Waals surface area contributed by atoms with Gasteiger partial charge in [0.15, 0.2) is 0 Å². The highest BCUT2D eigenvalue weighted by molar-refractivity contribution is 7.89. The number of para-hydroxylation sites is 1. The Morgan fingerprint density at radius 3 is 2.31 bits per heavy atom. The molecule has 168 valence electrons. The molecule has 0 radical (unpaired) electrons. The molecule has 0 aliphatic carbocycles. The molecule has 4 rings (SSSR count). The quantitative estimate of drug-likeness (QED) is 0.698. The van der Waals surface area contributed by atoms with Gasteiger partial charge in [-0.25, -0.2) is 8.42 Å². The standard InChI is InChI=1S/C22H24N4O5S/c27-20(11-10-19-22(29)23-18-9-5-4-8-17(18)21(28)24-19)25-12-14-26(15-13-25)32(30,31)16-6-2-1-3-7-16/h1-9,19H,10-15H2,(H,23,29)(H,24,28)/t19-/m0/s1. The molecule has 1 fully saturated rings. The van der Waals surface area contributed by atoms with Gasteiger partial charge in [0.1, 0.15) is 6.04 Å². The van der Waals surface area contributed by atoms with Gasteiger partial charge in [-0.1, -0.05) is 30.3 Å². The number of sulfonamides is 1. The van der Waals surface area contributed by atoms with Crippen molar-refractivity contribution in [2.75, 3.05) is 31.5 Å². The highest BCUT2D eigenvalue weighted by atomic mass is 32.2. The van der Waals surface area contributed by atoms with Crippen LogP contribution in [0.4, 0.5) is 5.69 Å². The Morgan fingerprint density at radius 2 is 1.59 bits per heavy atom. The maximum absolute atomic E-state index is 12.7. The van der Waals surface area contributed by atoms with Gasteiger partial charge >= 0.3 is 0 Å². The number of amides is 3. The Morgan fingerprint density at radius 1 is 0.938 bits per heavy atom. The van der Waals surface area contributed by atoms with Crippen LogP contribution in [0, 0.1) is 0 Å². The van der Waals surface area contributed by atoms with Gasteiger partial charge in [0.05, 0.1) is 16.1 Å². The summed E-state index contributed by atoms with van der Waals surface area (Å²) in [5.41, 5.74) is 0.824. The number of anilines is 1. The molecular weight excluding hydrogens is 432 g/mol. The zero-order valence-corrected chi connectivity index (χ0v) is 18.2. The molecule has 10 heteroatoms. The first kappa shape index (κ1) is 22.0. The molecule has 0 spiro atoms. The smallest absolute Gasteiger partial charge is 0.254 e. The van der Waals surface area contributed by atoms with Gasteiger partial charge in [-0.15, -0.1) is 0 Å². The average Bonchev–Trinajstić information content (AvgIpc) is 2.93. The predicted molar refractivity (Wildman–Crippen MR) is 117 cm³/mol. The monoisotopic (exact) mass is 456 g/mol. The van der Waals surface area contributed by atoms with Crippen molar-refractivity contribution in [2.45, 2.75) is 23.8 Å². The van der Waals surface area contributed by atoms with Crippen LogP contribution in [0.2, 0.25) is 0 Å². The zero-order chi connectivity index (χ0) is 22.7. The summed E-state index contributed by atoms with van der Waals surface area (Å²) in [5, 5.41) is 5.40. The largest absolute Gasteiger partial charge is 0.340 e. The summed E-state index contributed by atoms with van der Waals surface area (Å²) in [4.78, 5) is 39.4. The lowest BCUT2D eigenvalue weighted by Crippen LogP contribution is -2.51. The number of rotatable bonds is 5. The summed E-state index contributed by atoms with van der Waals surface area (Å²) < 4.78 is 26.8. The van der Waals surface area contributed by atoms with E-state index < -0.39 is 16.1 Å². The van der Waals surface area contributed by atoms with Crippen molar-refractivity contribution in [3.8, 4) is 0 Å². The summed E-state index contributed by atoms with van der Waals surface area (Å²) in [6.07, 6.45) is 0.229. The van der Waals surface area contributed by atoms with E-state index in [1.807, 2.05) is 0 Å². The Labute approximate surface area is 186 Å². The third kappa shape index (κ3) is 4.51. The molecule has 32 heavy (non-hydrogen) atoms. The van der Waals surface area contributed by atoms with Crippen LogP contribution in [0.3, 0.4) is 0 Å². The minimum Gasteiger partial charge on any atom is -0.340 e. The van der Waals surface area contributed by atoms with Crippen molar-refractivity contribution < 1.29 is 22.8 Å². The lowest BCUT2D eigenvalue weighted by atomic mass is 10.1. The number of carbonyl (C=O) groups is 3. The van der Waals surface area contributed by atoms with Gasteiger partial charge < -0.3 is 15.5 Å². The molecule has 0 bridgehead atoms. The summed E-state index contributed by atoms with van der Waals surface area (Å²) in [7, 11) is -3.59. The number of piperazine rings is 1. The molecular formula is C22H24N4O5S. The van der Waals surface area contributed by atoms with E-state index in [1.54, 1.807) is 59.5 Å². The van der Waals surface area contributed by atoms with Crippen molar-refractivity contribution in [1.82, 2.24) is 14.5 Å². The molecule has 0 aromatic heterocycles. The van der Waals surface area contributed by atoms with Crippen molar-refractivity contribution in [3.05, 3.63) is 60.2 Å². The van der Waals surface area contributed by atoms with Crippen LogP contribution in [0.15, 0.2) is 59.5 Å². The molecule has 2 aliphatic rings. The lowest BCUT2D eigenvalue weighted by molar-refractivity contribution is -0.132. The molecule has 2 aromatic rings. The van der Waals surface area contributed by atoms with Gasteiger partial charge in [-0.3, -0.25) is 14.4 Å². The number of hydrogen-bond donors (Lipinski definition) is 2. The Kier molecular flexibility index (Phi) is 6.24. The maximum Gasteiger partial charge on any atom is 0.254 e. The fraction of sp³-hybridized carbons (Fsp3) is 0.318. The number of benzene rings is 2. The second-order valence-electron chi connectivity index (χ2n) is 7.70. The Bertz CT molecular complexity index is 1130. The van der Waals surface area contributed by atoms with Crippen molar-refractivity contribution in [3.63, 3.8) is 0 Å². The second-order valence-corrected chi connectivity index (χ2v) is 9.64. The summed E-state index contributed by atoms with van der Waals surface area (Å²) in [6, 6.07) is 14.1. The van der Waals surface area contributed by atoms with E-state index in [2.05, 4.69) is 10.6 Å². The van der Waals surface area contributed by atoms with E-state index in [0.717, 1.165) is 0 Å². The number of nitrogens with zero attached hydrogens (tertiary/aromatic N) is 2. The number of carbonyl (C=O) groups excluding carboxylic acids is 3. The summed E-state index contributed by atoms with van der Waals surface area (Å²) >= 11 is 0. The predicted octanol–water partition coefficient (Wildman–Crippen LogP) is 1.05. The molecule has 2 heterocycles. The fourth-order valence-electron chi connectivity index (χ4n) is 3.86. The molecule has 0 unspecified atom stereocenters. The second kappa shape index (κ2) is 9.09. The van der Waals surface area contributed by atoms with E-state index in [-0.39, 0.29) is 61.6 Å². The molecule has 2 aromatic carbocycles. The highest BCUT2D eigenvalue weighted by Gasteiger charge is 2.32. The van der Waals surface area contributed by atoms with Crippen molar-refractivity contribution in [1.29, 1.82) is 0 Å². The van der Waals surface area contributed by atoms with Crippen LogP contribution in [0.5, 0.6) is 0 Å². The van der Waals surface area contributed by atoms with Crippen LogP contribution in [0.25, 0.3) is 0 Å². The van der Waals surface area contributed by atoms with E-state index >= 15 is 0 Å². The number of fused-ring (bicyclic) bond motifs is 1. The maximum atomic E-state index is 12.7. The van der Waals surface area contributed by atoms with Crippen LogP contribution >= 0.6 is 0 Å². The first-order chi connectivity index (χ1) is 15.4. The Balaban J connectivity index is 1.31. The minimum absolute atomic E-state index is 0.0696. The topological polar surface area (TPSA) is 116 Å². The lowest BCUT2D eigenvalue weighted by Gasteiger charge is -2.34. The first-order valence-electron chi connectivity index (χ1n) is 10.4. The molecule has 2 N–H and O–H groups in total. The number of nitrogens with one attached hydrogen (secondary N) is 2. The third-order valence-corrected chi connectivity index (χ3v) is 7.58. The van der Waals surface area contributed by atoms with E-state index in [1.165, 1.54) is 4.31 Å². The SMILES string of the molecule is O=C1N[C@@H](CCC(=O)N2CCN(S(=O)(=O)c3ccccc3)CC2)C(=O)Nc2ccccc21. The number of hydrogen-bond acceptors (Lipinski definition) is 5. The Hall–Kier alpha value is -3.24. The molecule has 9 nitrogen and oxygen atoms in total. The summed E-state index contributed by atoms with van der Waals surface area (Å²) in [6.45, 7) is 0.969. The van der Waals surface area contributed by atoms with Crippen LogP contribution in [0.1, 0.15) is 23.2 Å². The molecule has 1 atom stereocenters. The van der Waals surface area contributed by atoms with Crippen molar-refractivity contribution in [2.24, 2.45) is 0 Å². The average molecular weight is 457 g/mol. The van der Waals surface area contributed by atoms with E-state index in [9.17, 15) is 22.8 Å². The molecule has 2 aliphatic heterocycles. The molecule has 3 amide bonds. The van der Waals surface area contributed by atoms with Gasteiger partial charge in [-0.2, -0.15) is 4.31 Å². The van der Waals surface area contributed by atoms with Crippen molar-refractivity contribution >= 4 is 33.4 Å². The van der Waals surface area contributed by atoms with Gasteiger partial charge in [0.25, 0.3) is 5.91 Å². The van der Waals surface area contributed by atoms with Crippen LogP contribution in [-0.4, -0.2) is 67.6 Å². The fourth-order valence-corrected chi connectivity index (χ4v) is 5.30. The highest BCUT2D eigenvalue weighted by Crippen LogP contribution is 2.20. The minimum atomic E-state index is -3.59.